The quantitative estimate of drug-likeness (QED) is 0.857. The molecule has 4 heteroatoms. The van der Waals surface area contributed by atoms with Gasteiger partial charge in [-0.15, -0.1) is 0 Å². The van der Waals surface area contributed by atoms with Gasteiger partial charge in [0.2, 0.25) is 0 Å². The summed E-state index contributed by atoms with van der Waals surface area (Å²) in [5, 5.41) is 3.56. The molecule has 1 aliphatic carbocycles. The van der Waals surface area contributed by atoms with Crippen LogP contribution in [0.3, 0.4) is 0 Å². The molecule has 18 heavy (non-hydrogen) atoms. The maximum absolute atomic E-state index is 5.43. The zero-order valence-corrected chi connectivity index (χ0v) is 10.9. The van der Waals surface area contributed by atoms with E-state index in [9.17, 15) is 0 Å². The van der Waals surface area contributed by atoms with E-state index in [4.69, 9.17) is 4.74 Å². The van der Waals surface area contributed by atoms with Crippen molar-refractivity contribution in [3.8, 4) is 0 Å². The molecule has 1 N–H and O–H groups in total. The Labute approximate surface area is 108 Å². The average Bonchev–Trinajstić information content (AvgIpc) is 3.12. The lowest BCUT2D eigenvalue weighted by Gasteiger charge is -2.20. The summed E-state index contributed by atoms with van der Waals surface area (Å²) in [6.45, 7) is 2.94. The van der Waals surface area contributed by atoms with Crippen LogP contribution in [0, 0.1) is 0 Å². The first-order valence-electron chi connectivity index (χ1n) is 6.82. The zero-order valence-electron chi connectivity index (χ0n) is 10.9. The maximum atomic E-state index is 5.43. The summed E-state index contributed by atoms with van der Waals surface area (Å²) in [6, 6.07) is 4.94. The van der Waals surface area contributed by atoms with Crippen molar-refractivity contribution in [3.63, 3.8) is 0 Å². The van der Waals surface area contributed by atoms with Gasteiger partial charge in [0, 0.05) is 44.5 Å². The van der Waals surface area contributed by atoms with Gasteiger partial charge in [0.05, 0.1) is 6.10 Å². The van der Waals surface area contributed by atoms with Crippen molar-refractivity contribution in [2.45, 2.75) is 38.0 Å². The molecule has 4 nitrogen and oxygen atoms in total. The summed E-state index contributed by atoms with van der Waals surface area (Å²) >= 11 is 0. The van der Waals surface area contributed by atoms with Gasteiger partial charge >= 0.3 is 0 Å². The first-order valence-corrected chi connectivity index (χ1v) is 6.82. The highest BCUT2D eigenvalue weighted by molar-refractivity contribution is 5.47. The Morgan fingerprint density at radius 3 is 3.06 bits per heavy atom. The Balaban J connectivity index is 1.69. The molecule has 2 fully saturated rings. The number of pyridine rings is 1. The number of aromatic nitrogens is 1. The van der Waals surface area contributed by atoms with Gasteiger partial charge in [0.25, 0.3) is 0 Å². The highest BCUT2D eigenvalue weighted by atomic mass is 16.5. The second kappa shape index (κ2) is 5.24. The standard InChI is InChI=1S/C14H21N3O/c1-18-13-6-8-17(10-13)14-11(3-2-7-15-14)9-16-12-4-5-12/h2-3,7,12-13,16H,4-6,8-10H2,1H3. The third-order valence-electron chi connectivity index (χ3n) is 3.80. The third-order valence-corrected chi connectivity index (χ3v) is 3.80. The molecule has 3 rings (SSSR count). The van der Waals surface area contributed by atoms with Crippen LogP contribution in [0.4, 0.5) is 5.82 Å². The third kappa shape index (κ3) is 2.65. The van der Waals surface area contributed by atoms with E-state index in [0.717, 1.165) is 37.9 Å². The van der Waals surface area contributed by atoms with Crippen LogP contribution in [0.1, 0.15) is 24.8 Å². The number of anilines is 1. The minimum atomic E-state index is 0.358. The fourth-order valence-electron chi connectivity index (χ4n) is 2.51. The van der Waals surface area contributed by atoms with E-state index in [1.54, 1.807) is 7.11 Å². The molecule has 1 atom stereocenters. The molecule has 2 heterocycles. The number of methoxy groups -OCH3 is 1. The lowest BCUT2D eigenvalue weighted by atomic mass is 10.2. The number of hydrogen-bond acceptors (Lipinski definition) is 4. The molecule has 1 saturated heterocycles. The number of hydrogen-bond donors (Lipinski definition) is 1. The predicted molar refractivity (Wildman–Crippen MR) is 71.7 cm³/mol. The largest absolute Gasteiger partial charge is 0.380 e. The average molecular weight is 247 g/mol. The molecule has 1 unspecified atom stereocenters. The van der Waals surface area contributed by atoms with Crippen LogP contribution in [-0.2, 0) is 11.3 Å². The summed E-state index contributed by atoms with van der Waals surface area (Å²) in [7, 11) is 1.79. The van der Waals surface area contributed by atoms with E-state index >= 15 is 0 Å². The highest BCUT2D eigenvalue weighted by Crippen LogP contribution is 2.25. The highest BCUT2D eigenvalue weighted by Gasteiger charge is 2.25. The summed E-state index contributed by atoms with van der Waals surface area (Å²) in [4.78, 5) is 6.90. The van der Waals surface area contributed by atoms with Crippen LogP contribution >= 0.6 is 0 Å². The van der Waals surface area contributed by atoms with E-state index in [0.29, 0.717) is 6.10 Å². The Kier molecular flexibility index (Phi) is 3.48. The monoisotopic (exact) mass is 247 g/mol. The zero-order chi connectivity index (χ0) is 12.4. The van der Waals surface area contributed by atoms with Crippen LogP contribution in [0.5, 0.6) is 0 Å². The van der Waals surface area contributed by atoms with Crippen LogP contribution in [0.15, 0.2) is 18.3 Å². The first-order chi connectivity index (χ1) is 8.86. The molecule has 1 aliphatic heterocycles. The molecule has 1 saturated carbocycles. The molecule has 1 aromatic rings. The Hall–Kier alpha value is -1.13. The van der Waals surface area contributed by atoms with E-state index in [-0.39, 0.29) is 0 Å². The van der Waals surface area contributed by atoms with Crippen molar-refractivity contribution >= 4 is 5.82 Å². The topological polar surface area (TPSA) is 37.4 Å². The molecule has 0 radical (unpaired) electrons. The fraction of sp³-hybridized carbons (Fsp3) is 0.643. The molecular weight excluding hydrogens is 226 g/mol. The first kappa shape index (κ1) is 11.9. The van der Waals surface area contributed by atoms with Gasteiger partial charge in [-0.05, 0) is 25.3 Å². The number of nitrogens with one attached hydrogen (secondary N) is 1. The normalized spacial score (nSPS) is 23.6. The fourth-order valence-corrected chi connectivity index (χ4v) is 2.51. The number of nitrogens with zero attached hydrogens (tertiary/aromatic N) is 2. The van der Waals surface area contributed by atoms with Gasteiger partial charge in [0.15, 0.2) is 0 Å². The van der Waals surface area contributed by atoms with Crippen molar-refractivity contribution in [1.29, 1.82) is 0 Å². The van der Waals surface area contributed by atoms with Gasteiger partial charge in [-0.2, -0.15) is 0 Å². The smallest absolute Gasteiger partial charge is 0.133 e. The van der Waals surface area contributed by atoms with Crippen molar-refractivity contribution in [2.75, 3.05) is 25.1 Å². The molecule has 0 aromatic carbocycles. The van der Waals surface area contributed by atoms with Crippen molar-refractivity contribution in [2.24, 2.45) is 0 Å². The van der Waals surface area contributed by atoms with E-state index in [2.05, 4.69) is 21.3 Å². The Morgan fingerprint density at radius 1 is 1.44 bits per heavy atom. The van der Waals surface area contributed by atoms with Gasteiger partial charge in [-0.1, -0.05) is 6.07 Å². The lowest BCUT2D eigenvalue weighted by Crippen LogP contribution is -2.26. The molecule has 1 aromatic heterocycles. The van der Waals surface area contributed by atoms with Gasteiger partial charge < -0.3 is 15.0 Å². The SMILES string of the molecule is COC1CCN(c2ncccc2CNC2CC2)C1. The van der Waals surface area contributed by atoms with E-state index in [1.165, 1.54) is 18.4 Å². The number of ether oxygens (including phenoxy) is 1. The molecule has 0 spiro atoms. The van der Waals surface area contributed by atoms with Crippen molar-refractivity contribution in [1.82, 2.24) is 10.3 Å². The second-order valence-corrected chi connectivity index (χ2v) is 5.23. The number of rotatable bonds is 5. The second-order valence-electron chi connectivity index (χ2n) is 5.23. The summed E-state index contributed by atoms with van der Waals surface area (Å²) in [5.41, 5.74) is 1.31. The molecular formula is C14H21N3O. The molecule has 0 amide bonds. The van der Waals surface area contributed by atoms with Crippen LogP contribution < -0.4 is 10.2 Å². The molecule has 2 aliphatic rings. The van der Waals surface area contributed by atoms with Gasteiger partial charge in [-0.3, -0.25) is 0 Å². The van der Waals surface area contributed by atoms with E-state index < -0.39 is 0 Å². The van der Waals surface area contributed by atoms with Crippen LogP contribution in [0.25, 0.3) is 0 Å². The van der Waals surface area contributed by atoms with Crippen LogP contribution in [0.2, 0.25) is 0 Å². The lowest BCUT2D eigenvalue weighted by molar-refractivity contribution is 0.121. The summed E-state index contributed by atoms with van der Waals surface area (Å²) in [6.07, 6.45) is 5.99. The van der Waals surface area contributed by atoms with Gasteiger partial charge in [0.1, 0.15) is 5.82 Å². The minimum absolute atomic E-state index is 0.358. The summed E-state index contributed by atoms with van der Waals surface area (Å²) in [5.74, 6) is 1.13. The maximum Gasteiger partial charge on any atom is 0.133 e. The molecule has 0 bridgehead atoms. The van der Waals surface area contributed by atoms with Gasteiger partial charge in [-0.25, -0.2) is 4.98 Å². The minimum Gasteiger partial charge on any atom is -0.380 e. The predicted octanol–water partition coefficient (Wildman–Crippen LogP) is 1.56. The van der Waals surface area contributed by atoms with E-state index in [1.807, 2.05) is 12.3 Å². The van der Waals surface area contributed by atoms with Crippen LogP contribution in [-0.4, -0.2) is 37.3 Å². The Bertz CT molecular complexity index is 406. The summed E-state index contributed by atoms with van der Waals surface area (Å²) < 4.78 is 5.43. The van der Waals surface area contributed by atoms with Crippen molar-refractivity contribution in [3.05, 3.63) is 23.9 Å². The Morgan fingerprint density at radius 2 is 2.33 bits per heavy atom. The molecule has 98 valence electrons. The van der Waals surface area contributed by atoms with Crippen molar-refractivity contribution < 1.29 is 4.74 Å².